The summed E-state index contributed by atoms with van der Waals surface area (Å²) in [5, 5.41) is 27.9. The molecule has 0 amide bonds. The minimum absolute atomic E-state index is 0.0653. The zero-order valence-electron chi connectivity index (χ0n) is 13.3. The van der Waals surface area contributed by atoms with Gasteiger partial charge in [0.25, 0.3) is 0 Å². The number of hydrogen-bond donors (Lipinski definition) is 2. The molecule has 25 heavy (non-hydrogen) atoms. The van der Waals surface area contributed by atoms with Crippen molar-refractivity contribution in [2.45, 2.75) is 6.42 Å². The zero-order chi connectivity index (χ0) is 18.0. The number of esters is 1. The van der Waals surface area contributed by atoms with Crippen LogP contribution >= 0.6 is 0 Å². The SMILES string of the molecule is COC(=O)c1cccc2nn(-c3cc(CCO)cc(C=O)c3O)nc12. The second-order valence-corrected chi connectivity index (χ2v) is 5.30. The molecule has 8 heteroatoms. The number of rotatable bonds is 5. The Morgan fingerprint density at radius 3 is 2.80 bits per heavy atom. The Morgan fingerprint density at radius 2 is 2.12 bits per heavy atom. The van der Waals surface area contributed by atoms with Crippen LogP contribution in [0.4, 0.5) is 0 Å². The molecule has 2 N–H and O–H groups in total. The lowest BCUT2D eigenvalue weighted by Crippen LogP contribution is -2.04. The van der Waals surface area contributed by atoms with Crippen molar-refractivity contribution in [3.63, 3.8) is 0 Å². The Balaban J connectivity index is 2.21. The fourth-order valence-corrected chi connectivity index (χ4v) is 2.54. The molecule has 1 aromatic heterocycles. The standard InChI is InChI=1S/C17H15N3O5/c1-25-17(24)12-3-2-4-13-15(12)19-20(18-13)14-8-10(5-6-21)7-11(9-22)16(14)23/h2-4,7-9,21,23H,5-6H2,1H3. The summed E-state index contributed by atoms with van der Waals surface area (Å²) in [4.78, 5) is 24.2. The quantitative estimate of drug-likeness (QED) is 0.530. The van der Waals surface area contributed by atoms with Crippen LogP contribution in [0.1, 0.15) is 26.3 Å². The molecule has 0 atom stereocenters. The van der Waals surface area contributed by atoms with E-state index in [1.165, 1.54) is 13.2 Å². The molecular formula is C17H15N3O5. The number of methoxy groups -OCH3 is 1. The second-order valence-electron chi connectivity index (χ2n) is 5.30. The fourth-order valence-electron chi connectivity index (χ4n) is 2.54. The third-order valence-corrected chi connectivity index (χ3v) is 3.74. The number of carbonyl (C=O) groups is 2. The number of carbonyl (C=O) groups excluding carboxylic acids is 2. The van der Waals surface area contributed by atoms with E-state index in [0.717, 1.165) is 4.80 Å². The minimum atomic E-state index is -0.551. The molecule has 3 rings (SSSR count). The highest BCUT2D eigenvalue weighted by atomic mass is 16.5. The van der Waals surface area contributed by atoms with Crippen LogP contribution < -0.4 is 0 Å². The lowest BCUT2D eigenvalue weighted by Gasteiger charge is -2.08. The average molecular weight is 341 g/mol. The van der Waals surface area contributed by atoms with Crippen LogP contribution in [0.15, 0.2) is 30.3 Å². The minimum Gasteiger partial charge on any atom is -0.505 e. The Hall–Kier alpha value is -3.26. The molecule has 0 bridgehead atoms. The summed E-state index contributed by atoms with van der Waals surface area (Å²) in [5.41, 5.74) is 1.88. The summed E-state index contributed by atoms with van der Waals surface area (Å²) in [6.45, 7) is -0.108. The van der Waals surface area contributed by atoms with Gasteiger partial charge in [-0.1, -0.05) is 6.07 Å². The molecule has 0 radical (unpaired) electrons. The van der Waals surface area contributed by atoms with Gasteiger partial charge in [0.2, 0.25) is 0 Å². The van der Waals surface area contributed by atoms with Gasteiger partial charge in [-0.25, -0.2) is 4.79 Å². The van der Waals surface area contributed by atoms with E-state index in [0.29, 0.717) is 29.3 Å². The predicted molar refractivity (Wildman–Crippen MR) is 88.0 cm³/mol. The molecule has 3 aromatic rings. The van der Waals surface area contributed by atoms with Crippen LogP contribution in [-0.2, 0) is 11.2 Å². The Labute approximate surface area is 142 Å². The van der Waals surface area contributed by atoms with E-state index in [1.54, 1.807) is 24.3 Å². The molecule has 0 aliphatic heterocycles. The first-order valence-corrected chi connectivity index (χ1v) is 7.45. The number of aliphatic hydroxyl groups excluding tert-OH is 1. The number of aromatic hydroxyl groups is 1. The van der Waals surface area contributed by atoms with Gasteiger partial charge in [-0.05, 0) is 36.2 Å². The summed E-state index contributed by atoms with van der Waals surface area (Å²) in [5.74, 6) is -0.832. The van der Waals surface area contributed by atoms with Crippen molar-refractivity contribution < 1.29 is 24.5 Å². The van der Waals surface area contributed by atoms with E-state index >= 15 is 0 Å². The molecule has 0 saturated heterocycles. The molecule has 8 nitrogen and oxygen atoms in total. The van der Waals surface area contributed by atoms with Crippen molar-refractivity contribution in [3.05, 3.63) is 47.0 Å². The van der Waals surface area contributed by atoms with Gasteiger partial charge in [-0.2, -0.15) is 0 Å². The third kappa shape index (κ3) is 2.94. The summed E-state index contributed by atoms with van der Waals surface area (Å²) >= 11 is 0. The predicted octanol–water partition coefficient (Wildman–Crippen LogP) is 1.26. The summed E-state index contributed by atoms with van der Waals surface area (Å²) < 4.78 is 4.73. The van der Waals surface area contributed by atoms with Gasteiger partial charge in [0.15, 0.2) is 12.0 Å². The van der Waals surface area contributed by atoms with Crippen molar-refractivity contribution in [1.82, 2.24) is 15.0 Å². The topological polar surface area (TPSA) is 115 Å². The lowest BCUT2D eigenvalue weighted by atomic mass is 10.1. The summed E-state index contributed by atoms with van der Waals surface area (Å²) in [7, 11) is 1.27. The molecule has 0 aliphatic carbocycles. The molecule has 0 spiro atoms. The van der Waals surface area contributed by atoms with Gasteiger partial charge in [-0.3, -0.25) is 4.79 Å². The number of benzene rings is 2. The largest absolute Gasteiger partial charge is 0.505 e. The number of ether oxygens (including phenoxy) is 1. The maximum Gasteiger partial charge on any atom is 0.340 e. The smallest absolute Gasteiger partial charge is 0.340 e. The molecule has 1 heterocycles. The van der Waals surface area contributed by atoms with Crippen molar-refractivity contribution in [3.8, 4) is 11.4 Å². The molecule has 2 aromatic carbocycles. The first-order valence-electron chi connectivity index (χ1n) is 7.45. The van der Waals surface area contributed by atoms with Crippen LogP contribution in [0.2, 0.25) is 0 Å². The monoisotopic (exact) mass is 341 g/mol. The van der Waals surface area contributed by atoms with Crippen molar-refractivity contribution in [1.29, 1.82) is 0 Å². The Morgan fingerprint density at radius 1 is 1.32 bits per heavy atom. The highest BCUT2D eigenvalue weighted by Crippen LogP contribution is 2.28. The fraction of sp³-hybridized carbons (Fsp3) is 0.176. The van der Waals surface area contributed by atoms with E-state index in [1.807, 2.05) is 0 Å². The first-order chi connectivity index (χ1) is 12.1. The molecule has 0 fully saturated rings. The highest BCUT2D eigenvalue weighted by Gasteiger charge is 2.18. The first kappa shape index (κ1) is 16.6. The second kappa shape index (κ2) is 6.70. The van der Waals surface area contributed by atoms with Gasteiger partial charge in [-0.15, -0.1) is 15.0 Å². The average Bonchev–Trinajstić information content (AvgIpc) is 3.06. The Bertz CT molecular complexity index is 964. The number of nitrogens with zero attached hydrogens (tertiary/aromatic N) is 3. The molecule has 0 saturated carbocycles. The van der Waals surface area contributed by atoms with E-state index in [4.69, 9.17) is 9.84 Å². The molecule has 0 unspecified atom stereocenters. The van der Waals surface area contributed by atoms with Crippen molar-refractivity contribution in [2.24, 2.45) is 0 Å². The highest BCUT2D eigenvalue weighted by molar-refractivity contribution is 6.01. The summed E-state index contributed by atoms with van der Waals surface area (Å²) in [6, 6.07) is 7.94. The van der Waals surface area contributed by atoms with Gasteiger partial charge in [0.05, 0.1) is 18.2 Å². The van der Waals surface area contributed by atoms with Crippen LogP contribution in [-0.4, -0.2) is 51.2 Å². The van der Waals surface area contributed by atoms with Gasteiger partial charge >= 0.3 is 5.97 Å². The van der Waals surface area contributed by atoms with Gasteiger partial charge < -0.3 is 14.9 Å². The van der Waals surface area contributed by atoms with Crippen LogP contribution in [0.3, 0.4) is 0 Å². The van der Waals surface area contributed by atoms with Crippen LogP contribution in [0, 0.1) is 0 Å². The lowest BCUT2D eigenvalue weighted by molar-refractivity contribution is 0.0602. The maximum absolute atomic E-state index is 11.9. The van der Waals surface area contributed by atoms with Crippen LogP contribution in [0.25, 0.3) is 16.7 Å². The van der Waals surface area contributed by atoms with Crippen LogP contribution in [0.5, 0.6) is 5.75 Å². The number of hydrogen-bond acceptors (Lipinski definition) is 7. The molecular weight excluding hydrogens is 326 g/mol. The van der Waals surface area contributed by atoms with Crippen molar-refractivity contribution >= 4 is 23.3 Å². The Kier molecular flexibility index (Phi) is 4.44. The number of aliphatic hydroxyl groups is 1. The zero-order valence-corrected chi connectivity index (χ0v) is 13.3. The van der Waals surface area contributed by atoms with Gasteiger partial charge in [0.1, 0.15) is 16.7 Å². The number of phenolic OH excluding ortho intramolecular Hbond substituents is 1. The number of aldehydes is 1. The van der Waals surface area contributed by atoms with E-state index in [2.05, 4.69) is 10.2 Å². The van der Waals surface area contributed by atoms with Gasteiger partial charge in [0, 0.05) is 6.61 Å². The van der Waals surface area contributed by atoms with E-state index < -0.39 is 5.97 Å². The summed E-state index contributed by atoms with van der Waals surface area (Å²) in [6.07, 6.45) is 0.825. The number of fused-ring (bicyclic) bond motifs is 1. The van der Waals surface area contributed by atoms with E-state index in [9.17, 15) is 14.7 Å². The third-order valence-electron chi connectivity index (χ3n) is 3.74. The maximum atomic E-state index is 11.9. The number of phenols is 1. The van der Waals surface area contributed by atoms with E-state index in [-0.39, 0.29) is 29.2 Å². The molecule has 0 aliphatic rings. The molecule has 128 valence electrons. The normalized spacial score (nSPS) is 10.8. The number of aromatic nitrogens is 3. The van der Waals surface area contributed by atoms with Crippen molar-refractivity contribution in [2.75, 3.05) is 13.7 Å².